The number of aryl methyl sites for hydroxylation is 1. The van der Waals surface area contributed by atoms with Gasteiger partial charge in [-0.15, -0.1) is 10.2 Å². The quantitative estimate of drug-likeness (QED) is 0.546. The molecule has 132 valence electrons. The van der Waals surface area contributed by atoms with Gasteiger partial charge in [0.15, 0.2) is 11.5 Å². The lowest BCUT2D eigenvalue weighted by Crippen LogP contribution is -2.06. The molecule has 1 unspecified atom stereocenters. The van der Waals surface area contributed by atoms with E-state index in [-0.39, 0.29) is 5.92 Å². The Bertz CT molecular complexity index is 1240. The average molecular weight is 354 g/mol. The molecule has 1 aliphatic carbocycles. The van der Waals surface area contributed by atoms with Crippen LogP contribution in [0, 0.1) is 17.2 Å². The van der Waals surface area contributed by atoms with Crippen LogP contribution >= 0.6 is 0 Å². The van der Waals surface area contributed by atoms with Crippen LogP contribution < -0.4 is 0 Å². The van der Waals surface area contributed by atoms with Gasteiger partial charge in [-0.2, -0.15) is 10.4 Å². The van der Waals surface area contributed by atoms with Gasteiger partial charge in [0.2, 0.25) is 0 Å². The molecule has 4 aromatic rings. The highest BCUT2D eigenvalue weighted by Crippen LogP contribution is 2.32. The molecule has 0 N–H and O–H groups in total. The van der Waals surface area contributed by atoms with E-state index in [1.807, 2.05) is 30.1 Å². The molecular formula is C21H18N6. The van der Waals surface area contributed by atoms with Gasteiger partial charge in [-0.1, -0.05) is 12.1 Å². The lowest BCUT2D eigenvalue weighted by molar-refractivity contribution is 0.603. The van der Waals surface area contributed by atoms with E-state index in [2.05, 4.69) is 56.1 Å². The van der Waals surface area contributed by atoms with Crippen LogP contribution in [0.5, 0.6) is 0 Å². The van der Waals surface area contributed by atoms with E-state index in [4.69, 9.17) is 5.26 Å². The first-order chi connectivity index (χ1) is 13.2. The summed E-state index contributed by atoms with van der Waals surface area (Å²) in [7, 11) is 1.94. The second-order valence-corrected chi connectivity index (χ2v) is 7.00. The molecule has 6 heteroatoms. The predicted molar refractivity (Wildman–Crippen MR) is 104 cm³/mol. The van der Waals surface area contributed by atoms with E-state index < -0.39 is 0 Å². The van der Waals surface area contributed by atoms with Crippen molar-refractivity contribution in [3.8, 4) is 17.5 Å². The minimum absolute atomic E-state index is 0.126. The summed E-state index contributed by atoms with van der Waals surface area (Å²) in [6, 6.07) is 14.7. The lowest BCUT2D eigenvalue weighted by atomic mass is 9.89. The second kappa shape index (κ2) is 6.06. The summed E-state index contributed by atoms with van der Waals surface area (Å²) in [6.07, 6.45) is 6.67. The van der Waals surface area contributed by atoms with E-state index in [9.17, 15) is 0 Å². The number of fused-ring (bicyclic) bond motifs is 2. The van der Waals surface area contributed by atoms with E-state index in [0.717, 1.165) is 52.9 Å². The third-order valence-electron chi connectivity index (χ3n) is 5.36. The summed E-state index contributed by atoms with van der Waals surface area (Å²) in [5, 5.41) is 23.4. The number of nitriles is 1. The molecule has 6 nitrogen and oxygen atoms in total. The maximum atomic E-state index is 9.16. The molecular weight excluding hydrogens is 336 g/mol. The molecule has 1 aliphatic rings. The zero-order chi connectivity index (χ0) is 18.4. The zero-order valence-corrected chi connectivity index (χ0v) is 15.0. The molecule has 0 radical (unpaired) electrons. The normalized spacial score (nSPS) is 17.2. The molecule has 3 aromatic heterocycles. The van der Waals surface area contributed by atoms with Crippen LogP contribution in [0.25, 0.3) is 33.5 Å². The molecule has 0 amide bonds. The van der Waals surface area contributed by atoms with Crippen molar-refractivity contribution in [1.29, 1.82) is 5.26 Å². The van der Waals surface area contributed by atoms with Gasteiger partial charge < -0.3 is 0 Å². The van der Waals surface area contributed by atoms with Gasteiger partial charge in [0, 0.05) is 18.0 Å². The van der Waals surface area contributed by atoms with Gasteiger partial charge in [0.25, 0.3) is 0 Å². The van der Waals surface area contributed by atoms with Crippen LogP contribution in [0.4, 0.5) is 0 Å². The number of rotatable bonds is 2. The summed E-state index contributed by atoms with van der Waals surface area (Å²) < 4.78 is 3.99. The Morgan fingerprint density at radius 1 is 1.19 bits per heavy atom. The fraction of sp³-hybridized carbons (Fsp3) is 0.238. The van der Waals surface area contributed by atoms with E-state index in [0.29, 0.717) is 0 Å². The third-order valence-corrected chi connectivity index (χ3v) is 5.36. The highest BCUT2D eigenvalue weighted by atomic mass is 15.3. The molecule has 1 atom stereocenters. The van der Waals surface area contributed by atoms with E-state index >= 15 is 0 Å². The second-order valence-electron chi connectivity index (χ2n) is 7.00. The molecule has 1 aromatic carbocycles. The fourth-order valence-electron chi connectivity index (χ4n) is 3.87. The number of hydrogen-bond donors (Lipinski definition) is 0. The molecule has 0 aliphatic heterocycles. The molecule has 0 saturated carbocycles. The first kappa shape index (κ1) is 15.8. The maximum Gasteiger partial charge on any atom is 0.168 e. The Balaban J connectivity index is 1.67. The first-order valence-corrected chi connectivity index (χ1v) is 9.10. The van der Waals surface area contributed by atoms with Crippen molar-refractivity contribution in [2.75, 3.05) is 0 Å². The van der Waals surface area contributed by atoms with Crippen molar-refractivity contribution < 1.29 is 0 Å². The van der Waals surface area contributed by atoms with Gasteiger partial charge in [-0.25, -0.2) is 0 Å². The van der Waals surface area contributed by atoms with Crippen molar-refractivity contribution in [1.82, 2.24) is 24.4 Å². The van der Waals surface area contributed by atoms with Crippen LogP contribution in [0.3, 0.4) is 0 Å². The van der Waals surface area contributed by atoms with Crippen molar-refractivity contribution in [3.63, 3.8) is 0 Å². The topological polar surface area (TPSA) is 71.8 Å². The number of benzene rings is 1. The van der Waals surface area contributed by atoms with Gasteiger partial charge in [-0.05, 0) is 55.2 Å². The summed E-state index contributed by atoms with van der Waals surface area (Å²) in [5.41, 5.74) is 5.30. The summed E-state index contributed by atoms with van der Waals surface area (Å²) in [5.74, 6) is 0.955. The van der Waals surface area contributed by atoms with Crippen LogP contribution in [0.2, 0.25) is 0 Å². The van der Waals surface area contributed by atoms with Crippen molar-refractivity contribution >= 4 is 22.1 Å². The Labute approximate surface area is 156 Å². The van der Waals surface area contributed by atoms with Crippen LogP contribution in [0.1, 0.15) is 25.0 Å². The molecule has 0 spiro atoms. The Morgan fingerprint density at radius 2 is 2.11 bits per heavy atom. The van der Waals surface area contributed by atoms with Crippen LogP contribution in [0.15, 0.2) is 48.7 Å². The summed E-state index contributed by atoms with van der Waals surface area (Å²) in [4.78, 5) is 0. The number of pyridine rings is 1. The molecule has 5 rings (SSSR count). The van der Waals surface area contributed by atoms with Crippen molar-refractivity contribution in [2.24, 2.45) is 13.0 Å². The maximum absolute atomic E-state index is 9.16. The molecule has 0 saturated heterocycles. The Kier molecular flexibility index (Phi) is 3.54. The standard InChI is InChI=1S/C21H18N6/c1-26-18-10-9-16(11-17(18)13-23-26)21-25-24-20-4-2-3-19(27(20)21)15-7-5-14(12-22)6-8-15/h2-4,7,9-11,13-14H,5-6,8H2,1H3. The van der Waals surface area contributed by atoms with E-state index in [1.54, 1.807) is 0 Å². The highest BCUT2D eigenvalue weighted by molar-refractivity contribution is 5.84. The SMILES string of the molecule is Cn1ncc2cc(-c3nnc4cccc(C5=CCC(C#N)CC5)n34)ccc21. The van der Waals surface area contributed by atoms with Gasteiger partial charge in [0.1, 0.15) is 0 Å². The lowest BCUT2D eigenvalue weighted by Gasteiger charge is -2.18. The van der Waals surface area contributed by atoms with Crippen molar-refractivity contribution in [3.05, 3.63) is 54.4 Å². The molecule has 0 fully saturated rings. The smallest absolute Gasteiger partial charge is 0.168 e. The van der Waals surface area contributed by atoms with E-state index in [1.165, 1.54) is 5.57 Å². The fourth-order valence-corrected chi connectivity index (χ4v) is 3.87. The largest absolute Gasteiger partial charge is 0.275 e. The first-order valence-electron chi connectivity index (χ1n) is 9.10. The number of aromatic nitrogens is 5. The highest BCUT2D eigenvalue weighted by Gasteiger charge is 2.19. The summed E-state index contributed by atoms with van der Waals surface area (Å²) >= 11 is 0. The Hall–Kier alpha value is -3.46. The predicted octanol–water partition coefficient (Wildman–Crippen LogP) is 3.99. The van der Waals surface area contributed by atoms with Crippen LogP contribution in [-0.2, 0) is 7.05 Å². The number of hydrogen-bond acceptors (Lipinski definition) is 4. The van der Waals surface area contributed by atoms with Crippen molar-refractivity contribution in [2.45, 2.75) is 19.3 Å². The third kappa shape index (κ3) is 2.51. The minimum Gasteiger partial charge on any atom is -0.275 e. The molecule has 27 heavy (non-hydrogen) atoms. The Morgan fingerprint density at radius 3 is 2.93 bits per heavy atom. The van der Waals surface area contributed by atoms with Crippen LogP contribution in [-0.4, -0.2) is 24.4 Å². The monoisotopic (exact) mass is 354 g/mol. The van der Waals surface area contributed by atoms with Gasteiger partial charge in [0.05, 0.1) is 29.4 Å². The summed E-state index contributed by atoms with van der Waals surface area (Å²) in [6.45, 7) is 0. The molecule has 3 heterocycles. The molecule has 0 bridgehead atoms. The average Bonchev–Trinajstić information content (AvgIpc) is 3.31. The number of allylic oxidation sites excluding steroid dienone is 2. The number of nitrogens with zero attached hydrogens (tertiary/aromatic N) is 6. The minimum atomic E-state index is 0.126. The zero-order valence-electron chi connectivity index (χ0n) is 15.0. The van der Waals surface area contributed by atoms with Gasteiger partial charge in [-0.3, -0.25) is 9.08 Å². The van der Waals surface area contributed by atoms with Gasteiger partial charge >= 0.3 is 0 Å².